The van der Waals surface area contributed by atoms with Crippen LogP contribution in [0.2, 0.25) is 0 Å². The van der Waals surface area contributed by atoms with Crippen molar-refractivity contribution in [1.82, 2.24) is 4.72 Å². The molecule has 0 saturated heterocycles. The van der Waals surface area contributed by atoms with E-state index in [2.05, 4.69) is 4.72 Å². The molecule has 0 atom stereocenters. The lowest BCUT2D eigenvalue weighted by Gasteiger charge is -2.21. The number of nitrogens with zero attached hydrogens (tertiary/aromatic N) is 1. The Kier molecular flexibility index (Phi) is 5.41. The van der Waals surface area contributed by atoms with E-state index in [-0.39, 0.29) is 10.9 Å². The predicted molar refractivity (Wildman–Crippen MR) is 98.8 cm³/mol. The molecule has 0 unspecified atom stereocenters. The summed E-state index contributed by atoms with van der Waals surface area (Å²) in [6.07, 6.45) is 9.15. The van der Waals surface area contributed by atoms with Crippen molar-refractivity contribution in [2.24, 2.45) is 0 Å². The molecule has 140 valence electrons. The van der Waals surface area contributed by atoms with Gasteiger partial charge >= 0.3 is 0 Å². The van der Waals surface area contributed by atoms with Crippen molar-refractivity contribution in [2.45, 2.75) is 62.3 Å². The average molecular weight is 387 g/mol. The van der Waals surface area contributed by atoms with Crippen LogP contribution in [0.3, 0.4) is 0 Å². The van der Waals surface area contributed by atoms with Gasteiger partial charge in [-0.15, -0.1) is 0 Å². The minimum atomic E-state index is -3.58. The van der Waals surface area contributed by atoms with E-state index in [0.717, 1.165) is 31.2 Å². The van der Waals surface area contributed by atoms with Gasteiger partial charge in [-0.25, -0.2) is 21.6 Å². The van der Waals surface area contributed by atoms with Gasteiger partial charge in [0.15, 0.2) is 0 Å². The standard InChI is InChI=1S/C17H26N2O4S2/c1-24(20,21)19-12-11-14-13-16(9-10-17(14)19)25(22,23)18-15-7-5-3-2-4-6-8-15/h9-10,13,15,18H,2-8,11-12H2,1H3. The highest BCUT2D eigenvalue weighted by Crippen LogP contribution is 2.32. The molecule has 0 radical (unpaired) electrons. The zero-order valence-corrected chi connectivity index (χ0v) is 16.2. The Morgan fingerprint density at radius 3 is 2.28 bits per heavy atom. The zero-order chi connectivity index (χ0) is 18.1. The molecule has 1 aromatic carbocycles. The van der Waals surface area contributed by atoms with Crippen molar-refractivity contribution >= 4 is 25.7 Å². The molecule has 1 aliphatic heterocycles. The van der Waals surface area contributed by atoms with E-state index in [1.54, 1.807) is 12.1 Å². The van der Waals surface area contributed by atoms with Gasteiger partial charge < -0.3 is 0 Å². The molecule has 1 N–H and O–H groups in total. The number of rotatable bonds is 4. The van der Waals surface area contributed by atoms with Gasteiger partial charge in [0.25, 0.3) is 0 Å². The molecule has 1 aromatic rings. The van der Waals surface area contributed by atoms with Crippen LogP contribution < -0.4 is 9.03 Å². The summed E-state index contributed by atoms with van der Waals surface area (Å²) in [7, 11) is -6.91. The molecule has 0 bridgehead atoms. The van der Waals surface area contributed by atoms with E-state index in [4.69, 9.17) is 0 Å². The van der Waals surface area contributed by atoms with E-state index < -0.39 is 20.0 Å². The highest BCUT2D eigenvalue weighted by Gasteiger charge is 2.28. The highest BCUT2D eigenvalue weighted by atomic mass is 32.2. The second-order valence-electron chi connectivity index (χ2n) is 7.04. The van der Waals surface area contributed by atoms with Gasteiger partial charge in [0.05, 0.1) is 16.8 Å². The first-order chi connectivity index (χ1) is 11.8. The predicted octanol–water partition coefficient (Wildman–Crippen LogP) is 2.40. The summed E-state index contributed by atoms with van der Waals surface area (Å²) >= 11 is 0. The molecule has 0 spiro atoms. The molecular weight excluding hydrogens is 360 g/mol. The number of hydrogen-bond acceptors (Lipinski definition) is 4. The summed E-state index contributed by atoms with van der Waals surface area (Å²) in [5, 5.41) is 0. The van der Waals surface area contributed by atoms with Gasteiger partial charge in [0.1, 0.15) is 0 Å². The Bertz CT molecular complexity index is 826. The molecular formula is C17H26N2O4S2. The fraction of sp³-hybridized carbons (Fsp3) is 0.647. The maximum atomic E-state index is 12.7. The molecule has 1 heterocycles. The lowest BCUT2D eigenvalue weighted by molar-refractivity contribution is 0.426. The largest absolute Gasteiger partial charge is 0.270 e. The van der Waals surface area contributed by atoms with E-state index in [1.165, 1.54) is 35.9 Å². The Balaban J connectivity index is 1.79. The maximum absolute atomic E-state index is 12.7. The van der Waals surface area contributed by atoms with Crippen molar-refractivity contribution in [2.75, 3.05) is 17.1 Å². The average Bonchev–Trinajstić information content (AvgIpc) is 2.93. The molecule has 1 aliphatic carbocycles. The molecule has 8 heteroatoms. The Hall–Kier alpha value is -1.12. The molecule has 2 aliphatic rings. The smallest absolute Gasteiger partial charge is 0.240 e. The van der Waals surface area contributed by atoms with Crippen molar-refractivity contribution in [3.63, 3.8) is 0 Å². The normalized spacial score (nSPS) is 20.1. The van der Waals surface area contributed by atoms with E-state index in [0.29, 0.717) is 18.7 Å². The first kappa shape index (κ1) is 18.7. The Morgan fingerprint density at radius 1 is 1.00 bits per heavy atom. The van der Waals surface area contributed by atoms with Crippen LogP contribution in [-0.2, 0) is 26.5 Å². The van der Waals surface area contributed by atoms with E-state index >= 15 is 0 Å². The number of anilines is 1. The third kappa shape index (κ3) is 4.35. The van der Waals surface area contributed by atoms with Crippen molar-refractivity contribution in [3.8, 4) is 0 Å². The van der Waals surface area contributed by atoms with Crippen LogP contribution in [0.5, 0.6) is 0 Å². The van der Waals surface area contributed by atoms with Crippen LogP contribution in [-0.4, -0.2) is 35.7 Å². The van der Waals surface area contributed by atoms with Crippen LogP contribution in [0.1, 0.15) is 50.5 Å². The van der Waals surface area contributed by atoms with Crippen molar-refractivity contribution < 1.29 is 16.8 Å². The molecule has 0 amide bonds. The second kappa shape index (κ2) is 7.25. The van der Waals surface area contributed by atoms with E-state index in [9.17, 15) is 16.8 Å². The van der Waals surface area contributed by atoms with Crippen LogP contribution in [0, 0.1) is 0 Å². The Labute approximate surface area is 150 Å². The van der Waals surface area contributed by atoms with Gasteiger partial charge in [0.2, 0.25) is 20.0 Å². The first-order valence-electron chi connectivity index (χ1n) is 8.90. The Morgan fingerprint density at radius 2 is 1.64 bits per heavy atom. The fourth-order valence-corrected chi connectivity index (χ4v) is 6.03. The summed E-state index contributed by atoms with van der Waals surface area (Å²) in [4.78, 5) is 0.226. The SMILES string of the molecule is CS(=O)(=O)N1CCc2cc(S(=O)(=O)NC3CCCCCCC3)ccc21. The van der Waals surface area contributed by atoms with Crippen LogP contribution in [0.4, 0.5) is 5.69 Å². The van der Waals surface area contributed by atoms with Gasteiger partial charge in [0, 0.05) is 12.6 Å². The molecule has 0 aromatic heterocycles. The maximum Gasteiger partial charge on any atom is 0.240 e. The summed E-state index contributed by atoms with van der Waals surface area (Å²) in [5.41, 5.74) is 1.36. The molecule has 6 nitrogen and oxygen atoms in total. The quantitative estimate of drug-likeness (QED) is 0.861. The second-order valence-corrected chi connectivity index (χ2v) is 10.7. The van der Waals surface area contributed by atoms with Crippen LogP contribution in [0.15, 0.2) is 23.1 Å². The molecule has 25 heavy (non-hydrogen) atoms. The number of benzene rings is 1. The van der Waals surface area contributed by atoms with Crippen molar-refractivity contribution in [3.05, 3.63) is 23.8 Å². The summed E-state index contributed by atoms with van der Waals surface area (Å²) in [5.74, 6) is 0. The lowest BCUT2D eigenvalue weighted by Crippen LogP contribution is -2.35. The number of hydrogen-bond donors (Lipinski definition) is 1. The lowest BCUT2D eigenvalue weighted by atomic mass is 9.97. The number of nitrogens with one attached hydrogen (secondary N) is 1. The number of sulfonamides is 2. The summed E-state index contributed by atoms with van der Waals surface area (Å²) in [6.45, 7) is 0.369. The van der Waals surface area contributed by atoms with E-state index in [1.807, 2.05) is 0 Å². The zero-order valence-electron chi connectivity index (χ0n) is 14.6. The minimum absolute atomic E-state index is 0.00827. The van der Waals surface area contributed by atoms with Gasteiger partial charge in [-0.1, -0.05) is 32.1 Å². The topological polar surface area (TPSA) is 83.6 Å². The monoisotopic (exact) mass is 386 g/mol. The van der Waals surface area contributed by atoms with Crippen molar-refractivity contribution in [1.29, 1.82) is 0 Å². The van der Waals surface area contributed by atoms with Crippen LogP contribution in [0.25, 0.3) is 0 Å². The third-order valence-electron chi connectivity index (χ3n) is 5.04. The third-order valence-corrected chi connectivity index (χ3v) is 7.74. The summed E-state index contributed by atoms with van der Waals surface area (Å²) in [6, 6.07) is 4.72. The molecule has 1 saturated carbocycles. The van der Waals surface area contributed by atoms with Gasteiger partial charge in [-0.2, -0.15) is 0 Å². The van der Waals surface area contributed by atoms with Crippen LogP contribution >= 0.6 is 0 Å². The van der Waals surface area contributed by atoms with Gasteiger partial charge in [-0.3, -0.25) is 4.31 Å². The summed E-state index contributed by atoms with van der Waals surface area (Å²) < 4.78 is 53.2. The number of fused-ring (bicyclic) bond motifs is 1. The fourth-order valence-electron chi connectivity index (χ4n) is 3.72. The molecule has 3 rings (SSSR count). The highest BCUT2D eigenvalue weighted by molar-refractivity contribution is 7.92. The first-order valence-corrected chi connectivity index (χ1v) is 12.2. The minimum Gasteiger partial charge on any atom is -0.270 e. The molecule has 1 fully saturated rings. The van der Waals surface area contributed by atoms with Gasteiger partial charge in [-0.05, 0) is 43.0 Å².